The fourth-order valence-corrected chi connectivity index (χ4v) is 3.80. The van der Waals surface area contributed by atoms with E-state index in [0.717, 1.165) is 52.1 Å². The van der Waals surface area contributed by atoms with Gasteiger partial charge in [0.25, 0.3) is 0 Å². The van der Waals surface area contributed by atoms with Gasteiger partial charge in [-0.1, -0.05) is 30.3 Å². The van der Waals surface area contributed by atoms with Crippen LogP contribution < -0.4 is 5.32 Å². The van der Waals surface area contributed by atoms with Crippen LogP contribution in [0, 0.1) is 5.92 Å². The van der Waals surface area contributed by atoms with Gasteiger partial charge in [-0.3, -0.25) is 9.69 Å². The molecule has 2 heterocycles. The van der Waals surface area contributed by atoms with Gasteiger partial charge in [0, 0.05) is 37.6 Å². The molecule has 1 amide bonds. The molecule has 4 heteroatoms. The third-order valence-electron chi connectivity index (χ3n) is 5.29. The van der Waals surface area contributed by atoms with E-state index in [4.69, 9.17) is 0 Å². The summed E-state index contributed by atoms with van der Waals surface area (Å²) in [5.74, 6) is 0.603. The molecule has 3 rings (SSSR count). The van der Waals surface area contributed by atoms with Gasteiger partial charge in [0.15, 0.2) is 0 Å². The Morgan fingerprint density at radius 3 is 2.52 bits per heavy atom. The van der Waals surface area contributed by atoms with Crippen molar-refractivity contribution in [2.45, 2.75) is 38.8 Å². The van der Waals surface area contributed by atoms with Gasteiger partial charge < -0.3 is 10.2 Å². The van der Waals surface area contributed by atoms with E-state index in [1.165, 1.54) is 5.56 Å². The van der Waals surface area contributed by atoms with Crippen LogP contribution in [-0.4, -0.2) is 54.0 Å². The van der Waals surface area contributed by atoms with Gasteiger partial charge in [0.1, 0.15) is 0 Å². The summed E-state index contributed by atoms with van der Waals surface area (Å²) in [5.41, 5.74) is 1.37. The standard InChI is InChI=1S/C19H29N3O/c1-19(2)15-21(18(23)17-8-10-20-11-9-17)12-13-22(19)14-16-6-4-3-5-7-16/h3-7,17,20H,8-15H2,1-2H3. The first-order valence-corrected chi connectivity index (χ1v) is 8.85. The number of rotatable bonds is 3. The molecular formula is C19H29N3O. The molecule has 0 aromatic heterocycles. The lowest BCUT2D eigenvalue weighted by atomic mass is 9.93. The summed E-state index contributed by atoms with van der Waals surface area (Å²) in [7, 11) is 0. The number of benzene rings is 1. The molecule has 2 fully saturated rings. The minimum Gasteiger partial charge on any atom is -0.339 e. The number of nitrogens with one attached hydrogen (secondary N) is 1. The molecule has 0 radical (unpaired) electrons. The first-order valence-electron chi connectivity index (χ1n) is 8.85. The Labute approximate surface area is 139 Å². The third kappa shape index (κ3) is 3.93. The van der Waals surface area contributed by atoms with E-state index in [0.29, 0.717) is 5.91 Å². The van der Waals surface area contributed by atoms with E-state index in [1.807, 2.05) is 0 Å². The lowest BCUT2D eigenvalue weighted by molar-refractivity contribution is -0.141. The summed E-state index contributed by atoms with van der Waals surface area (Å²) in [4.78, 5) is 17.4. The van der Waals surface area contributed by atoms with Gasteiger partial charge in [-0.25, -0.2) is 0 Å². The number of amides is 1. The SMILES string of the molecule is CC1(C)CN(C(=O)C2CCNCC2)CCN1Cc1ccccc1. The third-order valence-corrected chi connectivity index (χ3v) is 5.29. The lowest BCUT2D eigenvalue weighted by Crippen LogP contribution is -2.61. The van der Waals surface area contributed by atoms with Crippen LogP contribution in [-0.2, 0) is 11.3 Å². The number of hydrogen-bond donors (Lipinski definition) is 1. The number of piperidine rings is 1. The summed E-state index contributed by atoms with van der Waals surface area (Å²) < 4.78 is 0. The highest BCUT2D eigenvalue weighted by atomic mass is 16.2. The minimum atomic E-state index is 0.0245. The van der Waals surface area contributed by atoms with Crippen LogP contribution in [0.15, 0.2) is 30.3 Å². The van der Waals surface area contributed by atoms with Crippen molar-refractivity contribution in [1.82, 2.24) is 15.1 Å². The Bertz CT molecular complexity index is 523. The highest BCUT2D eigenvalue weighted by Gasteiger charge is 2.37. The van der Waals surface area contributed by atoms with Gasteiger partial charge >= 0.3 is 0 Å². The second kappa shape index (κ2) is 7.02. The van der Waals surface area contributed by atoms with Crippen LogP contribution in [0.1, 0.15) is 32.3 Å². The summed E-state index contributed by atoms with van der Waals surface area (Å²) in [6.45, 7) is 10.1. The van der Waals surface area contributed by atoms with Crippen LogP contribution in [0.3, 0.4) is 0 Å². The quantitative estimate of drug-likeness (QED) is 0.928. The number of carbonyl (C=O) groups is 1. The zero-order valence-corrected chi connectivity index (χ0v) is 14.4. The molecule has 0 aliphatic carbocycles. The topological polar surface area (TPSA) is 35.6 Å². The zero-order valence-electron chi connectivity index (χ0n) is 14.4. The number of hydrogen-bond acceptors (Lipinski definition) is 3. The maximum absolute atomic E-state index is 12.8. The highest BCUT2D eigenvalue weighted by Crippen LogP contribution is 2.25. The lowest BCUT2D eigenvalue weighted by Gasteiger charge is -2.48. The molecule has 2 aliphatic rings. The van der Waals surface area contributed by atoms with Crippen molar-refractivity contribution in [2.75, 3.05) is 32.7 Å². The average molecular weight is 315 g/mol. The second-order valence-electron chi connectivity index (χ2n) is 7.50. The van der Waals surface area contributed by atoms with E-state index in [2.05, 4.69) is 59.3 Å². The summed E-state index contributed by atoms with van der Waals surface area (Å²) in [6.07, 6.45) is 1.98. The van der Waals surface area contributed by atoms with Crippen molar-refractivity contribution in [3.63, 3.8) is 0 Å². The molecule has 0 saturated carbocycles. The molecule has 0 bridgehead atoms. The van der Waals surface area contributed by atoms with Crippen molar-refractivity contribution in [1.29, 1.82) is 0 Å². The number of piperazine rings is 1. The molecule has 2 aliphatic heterocycles. The molecule has 1 aromatic carbocycles. The first kappa shape index (κ1) is 16.5. The normalized spacial score (nSPS) is 23.0. The summed E-state index contributed by atoms with van der Waals surface area (Å²) in [6, 6.07) is 10.6. The van der Waals surface area contributed by atoms with Crippen molar-refractivity contribution < 1.29 is 4.79 Å². The predicted octanol–water partition coefficient (Wildman–Crippen LogP) is 2.11. The Kier molecular flexibility index (Phi) is 5.02. The van der Waals surface area contributed by atoms with E-state index in [1.54, 1.807) is 0 Å². The highest BCUT2D eigenvalue weighted by molar-refractivity contribution is 5.79. The molecule has 1 aromatic rings. The van der Waals surface area contributed by atoms with Gasteiger partial charge in [-0.15, -0.1) is 0 Å². The van der Waals surface area contributed by atoms with E-state index in [9.17, 15) is 4.79 Å². The first-order chi connectivity index (χ1) is 11.1. The zero-order chi connectivity index (χ0) is 16.3. The fourth-order valence-electron chi connectivity index (χ4n) is 3.80. The van der Waals surface area contributed by atoms with Crippen molar-refractivity contribution in [3.8, 4) is 0 Å². The number of nitrogens with zero attached hydrogens (tertiary/aromatic N) is 2. The van der Waals surface area contributed by atoms with Crippen molar-refractivity contribution >= 4 is 5.91 Å². The molecule has 23 heavy (non-hydrogen) atoms. The molecule has 0 spiro atoms. The maximum atomic E-state index is 12.8. The smallest absolute Gasteiger partial charge is 0.225 e. The Hall–Kier alpha value is -1.39. The fraction of sp³-hybridized carbons (Fsp3) is 0.632. The molecular weight excluding hydrogens is 286 g/mol. The van der Waals surface area contributed by atoms with Crippen LogP contribution >= 0.6 is 0 Å². The van der Waals surface area contributed by atoms with Crippen molar-refractivity contribution in [3.05, 3.63) is 35.9 Å². The van der Waals surface area contributed by atoms with E-state index in [-0.39, 0.29) is 11.5 Å². The Morgan fingerprint density at radius 1 is 1.17 bits per heavy atom. The number of carbonyl (C=O) groups excluding carboxylic acids is 1. The minimum absolute atomic E-state index is 0.0245. The largest absolute Gasteiger partial charge is 0.339 e. The molecule has 2 saturated heterocycles. The molecule has 126 valence electrons. The molecule has 0 atom stereocenters. The second-order valence-corrected chi connectivity index (χ2v) is 7.50. The monoisotopic (exact) mass is 315 g/mol. The van der Waals surface area contributed by atoms with Crippen LogP contribution in [0.2, 0.25) is 0 Å². The molecule has 4 nitrogen and oxygen atoms in total. The molecule has 0 unspecified atom stereocenters. The van der Waals surface area contributed by atoms with Gasteiger partial charge in [-0.2, -0.15) is 0 Å². The maximum Gasteiger partial charge on any atom is 0.225 e. The van der Waals surface area contributed by atoms with Crippen LogP contribution in [0.5, 0.6) is 0 Å². The van der Waals surface area contributed by atoms with Crippen molar-refractivity contribution in [2.24, 2.45) is 5.92 Å². The van der Waals surface area contributed by atoms with Crippen LogP contribution in [0.25, 0.3) is 0 Å². The summed E-state index contributed by atoms with van der Waals surface area (Å²) in [5, 5.41) is 3.34. The van der Waals surface area contributed by atoms with E-state index < -0.39 is 0 Å². The van der Waals surface area contributed by atoms with Gasteiger partial charge in [0.05, 0.1) is 0 Å². The van der Waals surface area contributed by atoms with Gasteiger partial charge in [0.2, 0.25) is 5.91 Å². The average Bonchev–Trinajstić information content (AvgIpc) is 2.57. The van der Waals surface area contributed by atoms with Gasteiger partial charge in [-0.05, 0) is 45.3 Å². The molecule has 1 N–H and O–H groups in total. The van der Waals surface area contributed by atoms with E-state index >= 15 is 0 Å². The van der Waals surface area contributed by atoms with Crippen LogP contribution in [0.4, 0.5) is 0 Å². The predicted molar refractivity (Wildman–Crippen MR) is 93.1 cm³/mol. The Balaban J connectivity index is 1.61. The Morgan fingerprint density at radius 2 is 1.87 bits per heavy atom. The summed E-state index contributed by atoms with van der Waals surface area (Å²) >= 11 is 0.